The monoisotopic (exact) mass is 516 g/mol. The molecule has 1 N–H and O–H groups in total. The molecule has 7 nitrogen and oxygen atoms in total. The highest BCUT2D eigenvalue weighted by atomic mass is 16.9. The van der Waals surface area contributed by atoms with Gasteiger partial charge in [0.15, 0.2) is 0 Å². The van der Waals surface area contributed by atoms with Crippen molar-refractivity contribution in [1.29, 1.82) is 0 Å². The van der Waals surface area contributed by atoms with Gasteiger partial charge in [-0.05, 0) is 85.0 Å². The molecule has 2 saturated carbocycles. The summed E-state index contributed by atoms with van der Waals surface area (Å²) >= 11 is 0. The van der Waals surface area contributed by atoms with E-state index < -0.39 is 11.9 Å². The van der Waals surface area contributed by atoms with Gasteiger partial charge in [-0.3, -0.25) is 0 Å². The minimum absolute atomic E-state index is 0.129. The Morgan fingerprint density at radius 2 is 1.65 bits per heavy atom. The van der Waals surface area contributed by atoms with E-state index in [0.29, 0.717) is 68.2 Å². The van der Waals surface area contributed by atoms with E-state index in [1.807, 2.05) is 19.1 Å². The first-order valence-corrected chi connectivity index (χ1v) is 14.4. The topological polar surface area (TPSA) is 75.6 Å². The van der Waals surface area contributed by atoms with Crippen LogP contribution in [0.1, 0.15) is 82.8 Å². The van der Waals surface area contributed by atoms with Crippen molar-refractivity contribution < 1.29 is 33.5 Å². The van der Waals surface area contributed by atoms with E-state index in [1.54, 1.807) is 7.11 Å². The molecule has 5 aliphatic rings. The standard InChI is InChI=1S/C30H44O7/c1-5-29(32-4)33-16-28(17-34-29)18-35-30(6-2,36-19-28)37-22-14-26-25-9-7-20-13-21(31)8-10-23(20)24(25)11-12-27(26,3)15-22/h8,10,13,22,24-26,31H,5-7,9,11-12,14-19H2,1-4H3. The molecule has 1 aromatic carbocycles. The Hall–Kier alpha value is -1.22. The van der Waals surface area contributed by atoms with Gasteiger partial charge in [0.2, 0.25) is 0 Å². The molecule has 0 radical (unpaired) electrons. The van der Waals surface area contributed by atoms with Gasteiger partial charge in [0.1, 0.15) is 5.75 Å². The Labute approximate surface area is 221 Å². The molecule has 6 rings (SSSR count). The molecular formula is C30H44O7. The maximum absolute atomic E-state index is 9.98. The molecule has 0 amide bonds. The van der Waals surface area contributed by atoms with E-state index in [1.165, 1.54) is 30.4 Å². The summed E-state index contributed by atoms with van der Waals surface area (Å²) in [4.78, 5) is 0. The molecule has 4 fully saturated rings. The average molecular weight is 517 g/mol. The van der Waals surface area contributed by atoms with E-state index >= 15 is 0 Å². The smallest absolute Gasteiger partial charge is 0.282 e. The predicted molar refractivity (Wildman–Crippen MR) is 137 cm³/mol. The van der Waals surface area contributed by atoms with Crippen LogP contribution in [0.4, 0.5) is 0 Å². The van der Waals surface area contributed by atoms with Gasteiger partial charge in [-0.1, -0.05) is 26.8 Å². The van der Waals surface area contributed by atoms with E-state index in [-0.39, 0.29) is 11.5 Å². The Bertz CT molecular complexity index is 970. The molecule has 3 aliphatic carbocycles. The van der Waals surface area contributed by atoms with Crippen LogP contribution in [0.3, 0.4) is 0 Å². The average Bonchev–Trinajstić information content (AvgIpc) is 3.26. The number of fused-ring (bicyclic) bond motifs is 5. The summed E-state index contributed by atoms with van der Waals surface area (Å²) in [5, 5.41) is 9.98. The van der Waals surface area contributed by atoms with Crippen LogP contribution in [0.5, 0.6) is 5.75 Å². The number of hydrogen-bond donors (Lipinski definition) is 1. The molecule has 1 spiro atoms. The molecule has 1 aromatic rings. The van der Waals surface area contributed by atoms with E-state index in [0.717, 1.165) is 19.3 Å². The van der Waals surface area contributed by atoms with Crippen LogP contribution in [-0.2, 0) is 34.8 Å². The summed E-state index contributed by atoms with van der Waals surface area (Å²) in [7, 11) is 1.62. The van der Waals surface area contributed by atoms with Gasteiger partial charge in [0.05, 0.1) is 37.9 Å². The van der Waals surface area contributed by atoms with Crippen molar-refractivity contribution in [1.82, 2.24) is 0 Å². The Balaban J connectivity index is 1.11. The first-order valence-electron chi connectivity index (χ1n) is 14.4. The summed E-state index contributed by atoms with van der Waals surface area (Å²) < 4.78 is 37.0. The van der Waals surface area contributed by atoms with Gasteiger partial charge in [0.25, 0.3) is 11.9 Å². The van der Waals surface area contributed by atoms with Gasteiger partial charge < -0.3 is 33.5 Å². The molecule has 37 heavy (non-hydrogen) atoms. The number of phenolic OH excluding ortho intramolecular Hbond substituents is 1. The molecule has 0 bridgehead atoms. The lowest BCUT2D eigenvalue weighted by Gasteiger charge is -2.50. The molecule has 206 valence electrons. The number of aryl methyl sites for hydroxylation is 1. The summed E-state index contributed by atoms with van der Waals surface area (Å²) in [6, 6.07) is 6.02. The van der Waals surface area contributed by atoms with Crippen LogP contribution in [-0.4, -0.2) is 56.7 Å². The lowest BCUT2D eigenvalue weighted by molar-refractivity contribution is -0.467. The minimum Gasteiger partial charge on any atom is -0.508 e. The number of aromatic hydroxyl groups is 1. The molecule has 0 aromatic heterocycles. The van der Waals surface area contributed by atoms with Crippen molar-refractivity contribution in [2.24, 2.45) is 22.7 Å². The second kappa shape index (κ2) is 9.46. The number of methoxy groups -OCH3 is 1. The Morgan fingerprint density at radius 1 is 0.973 bits per heavy atom. The zero-order valence-electron chi connectivity index (χ0n) is 22.9. The minimum atomic E-state index is -1.00. The zero-order valence-corrected chi connectivity index (χ0v) is 22.9. The second-order valence-electron chi connectivity index (χ2n) is 12.6. The number of rotatable bonds is 5. The highest BCUT2D eigenvalue weighted by Crippen LogP contribution is 2.62. The van der Waals surface area contributed by atoms with Crippen molar-refractivity contribution in [3.8, 4) is 5.75 Å². The van der Waals surface area contributed by atoms with Crippen LogP contribution in [0.2, 0.25) is 0 Å². The molecule has 2 saturated heterocycles. The molecule has 5 atom stereocenters. The number of ether oxygens (including phenoxy) is 6. The van der Waals surface area contributed by atoms with Crippen molar-refractivity contribution in [3.05, 3.63) is 29.3 Å². The lowest BCUT2D eigenvalue weighted by atomic mass is 9.56. The predicted octanol–water partition coefficient (Wildman–Crippen LogP) is 5.49. The summed E-state index contributed by atoms with van der Waals surface area (Å²) in [5.74, 6) is 0.330. The van der Waals surface area contributed by atoms with E-state index in [9.17, 15) is 5.11 Å². The van der Waals surface area contributed by atoms with Crippen molar-refractivity contribution in [2.45, 2.75) is 96.1 Å². The third-order valence-corrected chi connectivity index (χ3v) is 10.4. The lowest BCUT2D eigenvalue weighted by Crippen LogP contribution is -2.60. The fraction of sp³-hybridized carbons (Fsp3) is 0.800. The van der Waals surface area contributed by atoms with Gasteiger partial charge >= 0.3 is 0 Å². The van der Waals surface area contributed by atoms with Crippen LogP contribution in [0, 0.1) is 22.7 Å². The fourth-order valence-electron chi connectivity index (χ4n) is 8.11. The van der Waals surface area contributed by atoms with Crippen molar-refractivity contribution >= 4 is 0 Å². The van der Waals surface area contributed by atoms with Crippen LogP contribution < -0.4 is 0 Å². The number of phenols is 1. The molecule has 5 unspecified atom stereocenters. The van der Waals surface area contributed by atoms with Gasteiger partial charge in [-0.25, -0.2) is 0 Å². The number of hydrogen-bond acceptors (Lipinski definition) is 7. The highest BCUT2D eigenvalue weighted by molar-refractivity contribution is 5.40. The highest BCUT2D eigenvalue weighted by Gasteiger charge is 2.56. The Kier molecular flexibility index (Phi) is 6.65. The van der Waals surface area contributed by atoms with Gasteiger partial charge in [-0.2, -0.15) is 0 Å². The molecular weight excluding hydrogens is 472 g/mol. The Morgan fingerprint density at radius 3 is 2.30 bits per heavy atom. The molecule has 7 heteroatoms. The van der Waals surface area contributed by atoms with Crippen molar-refractivity contribution in [2.75, 3.05) is 33.5 Å². The third-order valence-electron chi connectivity index (χ3n) is 10.4. The SMILES string of the molecule is CCC1(OC)OCC2(CO1)COC(CC)(OC1CC3C4CCc5cc(O)ccc5C4CCC3(C)C1)OC2. The summed E-state index contributed by atoms with van der Waals surface area (Å²) in [5.41, 5.74) is 2.76. The summed E-state index contributed by atoms with van der Waals surface area (Å²) in [6.45, 7) is 8.45. The zero-order chi connectivity index (χ0) is 25.9. The van der Waals surface area contributed by atoms with Gasteiger partial charge in [-0.15, -0.1) is 0 Å². The maximum Gasteiger partial charge on any atom is 0.282 e. The van der Waals surface area contributed by atoms with Crippen molar-refractivity contribution in [3.63, 3.8) is 0 Å². The maximum atomic E-state index is 9.98. The largest absolute Gasteiger partial charge is 0.508 e. The second-order valence-corrected chi connectivity index (χ2v) is 12.6. The quantitative estimate of drug-likeness (QED) is 0.555. The van der Waals surface area contributed by atoms with E-state index in [2.05, 4.69) is 19.9 Å². The summed E-state index contributed by atoms with van der Waals surface area (Å²) in [6.07, 6.45) is 8.21. The first kappa shape index (κ1) is 26.0. The van der Waals surface area contributed by atoms with Crippen LogP contribution >= 0.6 is 0 Å². The van der Waals surface area contributed by atoms with Crippen LogP contribution in [0.15, 0.2) is 18.2 Å². The molecule has 2 heterocycles. The number of benzene rings is 1. The normalized spacial score (nSPS) is 45.3. The first-order chi connectivity index (χ1) is 17.8. The third kappa shape index (κ3) is 4.44. The van der Waals surface area contributed by atoms with Gasteiger partial charge in [0, 0.05) is 20.0 Å². The van der Waals surface area contributed by atoms with Crippen LogP contribution in [0.25, 0.3) is 0 Å². The van der Waals surface area contributed by atoms with E-state index in [4.69, 9.17) is 28.4 Å². The fourth-order valence-corrected chi connectivity index (χ4v) is 8.11. The molecule has 2 aliphatic heterocycles.